The van der Waals surface area contributed by atoms with Crippen LogP contribution in [0.5, 0.6) is 11.5 Å². The second kappa shape index (κ2) is 13.8. The maximum atomic E-state index is 5.44. The van der Waals surface area contributed by atoms with E-state index in [9.17, 15) is 0 Å². The molecule has 0 atom stereocenters. The van der Waals surface area contributed by atoms with Crippen LogP contribution in [0.1, 0.15) is 5.01 Å². The predicted molar refractivity (Wildman–Crippen MR) is 167 cm³/mol. The van der Waals surface area contributed by atoms with Crippen LogP contribution in [0.2, 0.25) is 0 Å². The third kappa shape index (κ3) is 7.54. The number of allylic oxidation sites excluding steroid dienone is 6. The lowest BCUT2D eigenvalue weighted by Gasteiger charge is -2.22. The van der Waals surface area contributed by atoms with Gasteiger partial charge in [0.1, 0.15) is 16.2 Å². The number of thioether (sulfide) groups is 1. The molecule has 0 spiro atoms. The minimum atomic E-state index is 0.890. The van der Waals surface area contributed by atoms with E-state index >= 15 is 0 Å². The number of rotatable bonds is 12. The van der Waals surface area contributed by atoms with Crippen molar-refractivity contribution >= 4 is 45.1 Å². The molecule has 2 heterocycles. The predicted octanol–water partition coefficient (Wildman–Crippen LogP) is 5.91. The van der Waals surface area contributed by atoms with E-state index in [4.69, 9.17) is 9.47 Å². The van der Waals surface area contributed by atoms with Gasteiger partial charge in [-0.2, -0.15) is 4.57 Å². The third-order valence-corrected chi connectivity index (χ3v) is 8.57. The van der Waals surface area contributed by atoms with Gasteiger partial charge in [0.05, 0.1) is 31.5 Å². The Kier molecular flexibility index (Phi) is 10.3. The number of thiazole rings is 1. The minimum Gasteiger partial charge on any atom is -0.497 e. The zero-order valence-corrected chi connectivity index (χ0v) is 25.4. The summed E-state index contributed by atoms with van der Waals surface area (Å²) in [6.07, 6.45) is 14.9. The molecule has 1 aromatic heterocycles. The molecule has 0 fully saturated rings. The lowest BCUT2D eigenvalue weighted by molar-refractivity contribution is -0.668. The third-order valence-electron chi connectivity index (χ3n) is 6.34. The van der Waals surface area contributed by atoms with E-state index in [1.54, 1.807) is 37.3 Å². The van der Waals surface area contributed by atoms with Crippen LogP contribution in [0, 0.1) is 0 Å². The Morgan fingerprint density at radius 2 is 1.54 bits per heavy atom. The van der Waals surface area contributed by atoms with Gasteiger partial charge in [0.2, 0.25) is 5.52 Å². The molecular formula is C31H39N4O2S2+. The lowest BCUT2D eigenvalue weighted by Crippen LogP contribution is -2.39. The van der Waals surface area contributed by atoms with Crippen LogP contribution >= 0.6 is 23.1 Å². The van der Waals surface area contributed by atoms with Crippen molar-refractivity contribution in [1.82, 2.24) is 9.80 Å². The number of ether oxygens (including phenoxy) is 2. The summed E-state index contributed by atoms with van der Waals surface area (Å²) >= 11 is 3.58. The van der Waals surface area contributed by atoms with Crippen molar-refractivity contribution in [1.29, 1.82) is 0 Å². The van der Waals surface area contributed by atoms with Gasteiger partial charge < -0.3 is 24.2 Å². The Bertz CT molecular complexity index is 1390. The first kappa shape index (κ1) is 29.0. The maximum absolute atomic E-state index is 5.44. The Morgan fingerprint density at radius 1 is 0.846 bits per heavy atom. The Morgan fingerprint density at radius 3 is 2.28 bits per heavy atom. The topological polar surface area (TPSA) is 32.1 Å². The molecule has 0 amide bonds. The van der Waals surface area contributed by atoms with E-state index in [-0.39, 0.29) is 0 Å². The number of anilines is 1. The molecule has 0 saturated carbocycles. The maximum Gasteiger partial charge on any atom is 0.262 e. The molecule has 0 saturated heterocycles. The van der Waals surface area contributed by atoms with Crippen LogP contribution in [0.3, 0.4) is 0 Å². The molecule has 0 bridgehead atoms. The van der Waals surface area contributed by atoms with Gasteiger partial charge >= 0.3 is 0 Å². The fourth-order valence-corrected chi connectivity index (χ4v) is 6.46. The molecule has 2 aromatic carbocycles. The summed E-state index contributed by atoms with van der Waals surface area (Å²) in [5, 5.41) is 2.45. The second-order valence-electron chi connectivity index (χ2n) is 9.75. The van der Waals surface area contributed by atoms with Gasteiger partial charge in [0, 0.05) is 36.2 Å². The van der Waals surface area contributed by atoms with Crippen LogP contribution < -0.4 is 18.9 Å². The number of fused-ring (bicyclic) bond motifs is 2. The van der Waals surface area contributed by atoms with E-state index in [2.05, 4.69) is 114 Å². The standard InChI is InChI=1S/C31H39N4O2S2/c1-32(2)18-20-34-26-16-14-24(36-5)22-28(26)38-30(34)12-10-8-7-9-11-13-31-35(21-19-33(3)4)27-17-15-25(37-6)23-29(27)39-31/h7-17,22-23H,18-21H2,1-6H3/q+1. The summed E-state index contributed by atoms with van der Waals surface area (Å²) in [7, 11) is 11.9. The highest BCUT2D eigenvalue weighted by atomic mass is 32.2. The minimum absolute atomic E-state index is 0.890. The van der Waals surface area contributed by atoms with Crippen molar-refractivity contribution in [2.45, 2.75) is 11.4 Å². The molecule has 1 aliphatic rings. The molecule has 0 radical (unpaired) electrons. The normalized spacial score (nSPS) is 14.9. The Labute approximate surface area is 241 Å². The molecule has 3 aromatic rings. The monoisotopic (exact) mass is 563 g/mol. The average Bonchev–Trinajstić information content (AvgIpc) is 3.45. The first-order valence-electron chi connectivity index (χ1n) is 13.0. The molecule has 0 N–H and O–H groups in total. The quantitative estimate of drug-likeness (QED) is 0.201. The average molecular weight is 564 g/mol. The van der Waals surface area contributed by atoms with E-state index in [1.807, 2.05) is 12.1 Å². The van der Waals surface area contributed by atoms with Gasteiger partial charge in [-0.25, -0.2) is 0 Å². The molecular weight excluding hydrogens is 525 g/mol. The molecule has 0 unspecified atom stereocenters. The first-order valence-corrected chi connectivity index (χ1v) is 14.7. The number of hydrogen-bond acceptors (Lipinski definition) is 7. The number of aromatic nitrogens is 1. The van der Waals surface area contributed by atoms with Gasteiger partial charge in [-0.05, 0) is 58.5 Å². The number of methoxy groups -OCH3 is 2. The highest BCUT2D eigenvalue weighted by Gasteiger charge is 2.25. The molecule has 206 valence electrons. The summed E-state index contributed by atoms with van der Waals surface area (Å²) in [4.78, 5) is 8.05. The van der Waals surface area contributed by atoms with Gasteiger partial charge in [0.25, 0.3) is 5.01 Å². The summed E-state index contributed by atoms with van der Waals surface area (Å²) < 4.78 is 14.5. The van der Waals surface area contributed by atoms with Crippen molar-refractivity contribution in [3.05, 3.63) is 82.9 Å². The zero-order chi connectivity index (χ0) is 27.8. The Balaban J connectivity index is 1.46. The summed E-state index contributed by atoms with van der Waals surface area (Å²) in [5.41, 5.74) is 2.48. The van der Waals surface area contributed by atoms with Crippen LogP contribution in [-0.2, 0) is 6.54 Å². The molecule has 39 heavy (non-hydrogen) atoms. The number of hydrogen-bond donors (Lipinski definition) is 0. The molecule has 4 rings (SSSR count). The zero-order valence-electron chi connectivity index (χ0n) is 23.8. The van der Waals surface area contributed by atoms with Crippen LogP contribution in [0.4, 0.5) is 5.69 Å². The van der Waals surface area contributed by atoms with E-state index < -0.39 is 0 Å². The van der Waals surface area contributed by atoms with E-state index in [0.717, 1.165) is 37.7 Å². The van der Waals surface area contributed by atoms with Crippen LogP contribution in [0.25, 0.3) is 16.3 Å². The first-order chi connectivity index (χ1) is 18.9. The largest absolute Gasteiger partial charge is 0.497 e. The molecule has 6 nitrogen and oxygen atoms in total. The smallest absolute Gasteiger partial charge is 0.262 e. The Hall–Kier alpha value is -3.04. The van der Waals surface area contributed by atoms with Crippen molar-refractivity contribution in [3.8, 4) is 11.5 Å². The summed E-state index contributed by atoms with van der Waals surface area (Å²) in [6.45, 7) is 3.84. The van der Waals surface area contributed by atoms with Crippen LogP contribution in [0.15, 0.2) is 82.8 Å². The van der Waals surface area contributed by atoms with Crippen molar-refractivity contribution < 1.29 is 14.0 Å². The number of benzene rings is 2. The fraction of sp³-hybridized carbons (Fsp3) is 0.323. The molecule has 0 aliphatic carbocycles. The number of likely N-dealkylation sites (N-methyl/N-ethyl adjacent to an activating group) is 2. The number of nitrogens with zero attached hydrogens (tertiary/aromatic N) is 4. The van der Waals surface area contributed by atoms with Crippen LogP contribution in [-0.4, -0.2) is 71.8 Å². The SMILES string of the molecule is COc1ccc2c(c1)S\C(=C/C=C/C=C/C=C/c1sc3cc(OC)ccc3[n+]1CCN(C)C)N2CCN(C)C. The fourth-order valence-electron chi connectivity index (χ4n) is 4.20. The highest BCUT2D eigenvalue weighted by molar-refractivity contribution is 8.03. The van der Waals surface area contributed by atoms with Crippen molar-refractivity contribution in [2.24, 2.45) is 0 Å². The lowest BCUT2D eigenvalue weighted by atomic mass is 10.2. The van der Waals surface area contributed by atoms with E-state index in [0.29, 0.717) is 0 Å². The van der Waals surface area contributed by atoms with Crippen molar-refractivity contribution in [3.63, 3.8) is 0 Å². The summed E-state index contributed by atoms with van der Waals surface area (Å²) in [6, 6.07) is 12.6. The summed E-state index contributed by atoms with van der Waals surface area (Å²) in [5.74, 6) is 1.78. The highest BCUT2D eigenvalue weighted by Crippen LogP contribution is 2.47. The van der Waals surface area contributed by atoms with Crippen molar-refractivity contribution in [2.75, 3.05) is 66.9 Å². The molecule has 8 heteroatoms. The second-order valence-corrected chi connectivity index (χ2v) is 11.9. The van der Waals surface area contributed by atoms with Gasteiger partial charge in [-0.1, -0.05) is 53.5 Å². The van der Waals surface area contributed by atoms with Gasteiger partial charge in [0.15, 0.2) is 6.54 Å². The van der Waals surface area contributed by atoms with Gasteiger partial charge in [-0.15, -0.1) is 0 Å². The van der Waals surface area contributed by atoms with E-state index in [1.165, 1.54) is 30.8 Å². The molecule has 1 aliphatic heterocycles. The van der Waals surface area contributed by atoms with Gasteiger partial charge in [-0.3, -0.25) is 0 Å².